The zero-order valence-electron chi connectivity index (χ0n) is 13.4. The van der Waals surface area contributed by atoms with Gasteiger partial charge in [0.1, 0.15) is 0 Å². The molecule has 1 aromatic rings. The molecule has 0 bridgehead atoms. The molecule has 1 fully saturated rings. The van der Waals surface area contributed by atoms with Gasteiger partial charge in [-0.1, -0.05) is 38.1 Å². The normalized spacial score (nSPS) is 17.8. The van der Waals surface area contributed by atoms with Crippen LogP contribution in [0.4, 0.5) is 0 Å². The van der Waals surface area contributed by atoms with E-state index in [1.54, 1.807) is 0 Å². The monoisotopic (exact) mass is 276 g/mol. The van der Waals surface area contributed by atoms with Gasteiger partial charge in [-0.2, -0.15) is 0 Å². The van der Waals surface area contributed by atoms with Crippen LogP contribution in [-0.4, -0.2) is 18.8 Å². The lowest BCUT2D eigenvalue weighted by Crippen LogP contribution is -2.47. The molecular formula is C18H28O2. The highest BCUT2D eigenvalue weighted by Gasteiger charge is 2.41. The van der Waals surface area contributed by atoms with Crippen LogP contribution in [0.2, 0.25) is 0 Å². The van der Waals surface area contributed by atoms with E-state index >= 15 is 0 Å². The first kappa shape index (κ1) is 15.5. The molecule has 0 aliphatic carbocycles. The van der Waals surface area contributed by atoms with E-state index in [0.29, 0.717) is 12.0 Å². The van der Waals surface area contributed by atoms with Crippen LogP contribution < -0.4 is 0 Å². The molecule has 0 spiro atoms. The molecule has 0 saturated carbocycles. The Morgan fingerprint density at radius 3 is 2.15 bits per heavy atom. The van der Waals surface area contributed by atoms with Gasteiger partial charge in [-0.25, -0.2) is 0 Å². The highest BCUT2D eigenvalue weighted by molar-refractivity contribution is 5.21. The minimum atomic E-state index is -0.0940. The summed E-state index contributed by atoms with van der Waals surface area (Å²) < 4.78 is 11.6. The maximum absolute atomic E-state index is 6.17. The molecule has 1 aliphatic heterocycles. The van der Waals surface area contributed by atoms with Crippen molar-refractivity contribution in [3.05, 3.63) is 35.4 Å². The minimum absolute atomic E-state index is 0.0940. The molecular weight excluding hydrogens is 248 g/mol. The second-order valence-corrected chi connectivity index (χ2v) is 6.74. The van der Waals surface area contributed by atoms with Crippen LogP contribution in [-0.2, 0) is 22.5 Å². The third-order valence-electron chi connectivity index (χ3n) is 4.43. The lowest BCUT2D eigenvalue weighted by molar-refractivity contribution is -0.161. The van der Waals surface area contributed by atoms with Crippen LogP contribution in [0.25, 0.3) is 0 Å². The van der Waals surface area contributed by atoms with Crippen molar-refractivity contribution in [3.63, 3.8) is 0 Å². The lowest BCUT2D eigenvalue weighted by atomic mass is 9.74. The van der Waals surface area contributed by atoms with Gasteiger partial charge < -0.3 is 9.47 Å². The smallest absolute Gasteiger partial charge is 0.0724 e. The summed E-state index contributed by atoms with van der Waals surface area (Å²) in [5, 5.41) is 0. The van der Waals surface area contributed by atoms with Crippen molar-refractivity contribution in [1.82, 2.24) is 0 Å². The molecule has 1 saturated heterocycles. The average Bonchev–Trinajstić information content (AvgIpc) is 2.41. The van der Waals surface area contributed by atoms with Crippen LogP contribution in [0, 0.1) is 5.41 Å². The summed E-state index contributed by atoms with van der Waals surface area (Å²) in [6.45, 7) is 11.3. The number of aryl methyl sites for hydroxylation is 1. The Bertz CT molecular complexity index is 410. The zero-order chi connectivity index (χ0) is 14.6. The number of ether oxygens (including phenoxy) is 2. The predicted molar refractivity (Wildman–Crippen MR) is 82.8 cm³/mol. The Labute approximate surface area is 123 Å². The number of benzene rings is 1. The summed E-state index contributed by atoms with van der Waals surface area (Å²) in [6.07, 6.45) is 3.33. The van der Waals surface area contributed by atoms with E-state index in [0.717, 1.165) is 26.1 Å². The highest BCUT2D eigenvalue weighted by Crippen LogP contribution is 2.40. The molecule has 0 amide bonds. The summed E-state index contributed by atoms with van der Waals surface area (Å²) in [7, 11) is 0. The first-order valence-corrected chi connectivity index (χ1v) is 7.78. The first-order chi connectivity index (χ1) is 9.49. The Hall–Kier alpha value is -0.860. The average molecular weight is 276 g/mol. The lowest BCUT2D eigenvalue weighted by Gasteiger charge is -2.45. The zero-order valence-corrected chi connectivity index (χ0v) is 13.4. The Balaban J connectivity index is 1.87. The molecule has 2 nitrogen and oxygen atoms in total. The van der Waals surface area contributed by atoms with Gasteiger partial charge in [-0.05, 0) is 44.2 Å². The molecule has 0 radical (unpaired) electrons. The van der Waals surface area contributed by atoms with Crippen molar-refractivity contribution in [1.29, 1.82) is 0 Å². The molecule has 0 N–H and O–H groups in total. The van der Waals surface area contributed by atoms with Crippen molar-refractivity contribution in [2.75, 3.05) is 13.2 Å². The SMILES string of the molecule is CCc1ccc(COC(C)(C)CC2(CC)COC2)cc1. The van der Waals surface area contributed by atoms with Gasteiger partial charge in [0.05, 0.1) is 25.4 Å². The van der Waals surface area contributed by atoms with Gasteiger partial charge in [0.25, 0.3) is 0 Å². The fourth-order valence-electron chi connectivity index (χ4n) is 2.93. The highest BCUT2D eigenvalue weighted by atomic mass is 16.5. The molecule has 1 heterocycles. The van der Waals surface area contributed by atoms with Gasteiger partial charge in [0.2, 0.25) is 0 Å². The third-order valence-corrected chi connectivity index (χ3v) is 4.43. The van der Waals surface area contributed by atoms with E-state index in [9.17, 15) is 0 Å². The second-order valence-electron chi connectivity index (χ2n) is 6.74. The quantitative estimate of drug-likeness (QED) is 0.736. The molecule has 20 heavy (non-hydrogen) atoms. The van der Waals surface area contributed by atoms with Crippen LogP contribution in [0.3, 0.4) is 0 Å². The fraction of sp³-hybridized carbons (Fsp3) is 0.667. The largest absolute Gasteiger partial charge is 0.380 e. The number of hydrogen-bond acceptors (Lipinski definition) is 2. The predicted octanol–water partition coefficient (Wildman–Crippen LogP) is 4.36. The first-order valence-electron chi connectivity index (χ1n) is 7.78. The molecule has 2 heteroatoms. The molecule has 0 aromatic heterocycles. The van der Waals surface area contributed by atoms with Crippen molar-refractivity contribution >= 4 is 0 Å². The fourth-order valence-corrected chi connectivity index (χ4v) is 2.93. The van der Waals surface area contributed by atoms with E-state index in [4.69, 9.17) is 9.47 Å². The van der Waals surface area contributed by atoms with Crippen molar-refractivity contribution in [2.45, 2.75) is 59.2 Å². The Kier molecular flexibility index (Phi) is 4.87. The van der Waals surface area contributed by atoms with Gasteiger partial charge in [0, 0.05) is 5.41 Å². The molecule has 0 unspecified atom stereocenters. The van der Waals surface area contributed by atoms with Crippen LogP contribution in [0.1, 0.15) is 51.7 Å². The van der Waals surface area contributed by atoms with E-state index in [1.165, 1.54) is 17.5 Å². The summed E-state index contributed by atoms with van der Waals surface area (Å²) in [5.41, 5.74) is 2.88. The van der Waals surface area contributed by atoms with Crippen molar-refractivity contribution < 1.29 is 9.47 Å². The number of hydrogen-bond donors (Lipinski definition) is 0. The van der Waals surface area contributed by atoms with Crippen molar-refractivity contribution in [2.24, 2.45) is 5.41 Å². The molecule has 112 valence electrons. The van der Waals surface area contributed by atoms with Gasteiger partial charge in [0.15, 0.2) is 0 Å². The summed E-state index contributed by atoms with van der Waals surface area (Å²) in [5.74, 6) is 0. The van der Waals surface area contributed by atoms with Crippen molar-refractivity contribution in [3.8, 4) is 0 Å². The van der Waals surface area contributed by atoms with Gasteiger partial charge >= 0.3 is 0 Å². The topological polar surface area (TPSA) is 18.5 Å². The summed E-state index contributed by atoms with van der Waals surface area (Å²) >= 11 is 0. The Morgan fingerprint density at radius 2 is 1.70 bits per heavy atom. The third kappa shape index (κ3) is 3.83. The molecule has 0 atom stereocenters. The van der Waals surface area contributed by atoms with E-state index < -0.39 is 0 Å². The maximum Gasteiger partial charge on any atom is 0.0724 e. The molecule has 2 rings (SSSR count). The standard InChI is InChI=1S/C18H28O2/c1-5-15-7-9-16(10-8-15)11-20-17(3,4)12-18(6-2)13-19-14-18/h7-10H,5-6,11-14H2,1-4H3. The van der Waals surface area contributed by atoms with Gasteiger partial charge in [-0.15, -0.1) is 0 Å². The van der Waals surface area contributed by atoms with E-state index in [2.05, 4.69) is 52.0 Å². The maximum atomic E-state index is 6.17. The van der Waals surface area contributed by atoms with Crippen LogP contribution in [0.5, 0.6) is 0 Å². The molecule has 1 aromatic carbocycles. The van der Waals surface area contributed by atoms with E-state index in [-0.39, 0.29) is 5.60 Å². The molecule has 1 aliphatic rings. The van der Waals surface area contributed by atoms with E-state index in [1.807, 2.05) is 0 Å². The summed E-state index contributed by atoms with van der Waals surface area (Å²) in [6, 6.07) is 8.74. The van der Waals surface area contributed by atoms with Crippen LogP contribution >= 0.6 is 0 Å². The second kappa shape index (κ2) is 6.28. The minimum Gasteiger partial charge on any atom is -0.380 e. The number of rotatable bonds is 7. The van der Waals surface area contributed by atoms with Gasteiger partial charge in [-0.3, -0.25) is 0 Å². The Morgan fingerprint density at radius 1 is 1.10 bits per heavy atom. The van der Waals surface area contributed by atoms with Crippen LogP contribution in [0.15, 0.2) is 24.3 Å². The summed E-state index contributed by atoms with van der Waals surface area (Å²) in [4.78, 5) is 0.